The van der Waals surface area contributed by atoms with Crippen LogP contribution in [0.2, 0.25) is 0 Å². The van der Waals surface area contributed by atoms with Gasteiger partial charge in [0.25, 0.3) is 0 Å². The van der Waals surface area contributed by atoms with Gasteiger partial charge in [-0.25, -0.2) is 12.7 Å². The number of rotatable bonds is 5. The first-order valence-corrected chi connectivity index (χ1v) is 7.25. The minimum atomic E-state index is -3.79. The summed E-state index contributed by atoms with van der Waals surface area (Å²) in [5.41, 5.74) is 0. The van der Waals surface area contributed by atoms with Crippen LogP contribution in [0, 0.1) is 11.8 Å². The number of carbonyl (C=O) groups is 2. The zero-order valence-electron chi connectivity index (χ0n) is 10.3. The highest BCUT2D eigenvalue weighted by molar-refractivity contribution is 7.89. The number of carboxylic acids is 1. The van der Waals surface area contributed by atoms with Crippen LogP contribution in [-0.4, -0.2) is 55.2 Å². The van der Waals surface area contributed by atoms with Gasteiger partial charge >= 0.3 is 11.9 Å². The average Bonchev–Trinajstić information content (AvgIpc) is 2.60. The smallest absolute Gasteiger partial charge is 0.322 e. The topological polar surface area (TPSA) is 101 Å². The number of ether oxygens (including phenoxy) is 1. The average molecular weight is 279 g/mol. The van der Waals surface area contributed by atoms with Crippen molar-refractivity contribution >= 4 is 22.0 Å². The van der Waals surface area contributed by atoms with Crippen molar-refractivity contribution in [1.29, 1.82) is 0 Å². The summed E-state index contributed by atoms with van der Waals surface area (Å²) in [6, 6.07) is 0. The zero-order chi connectivity index (χ0) is 13.9. The normalized spacial score (nSPS) is 25.0. The van der Waals surface area contributed by atoms with E-state index in [-0.39, 0.29) is 25.6 Å². The van der Waals surface area contributed by atoms with Gasteiger partial charge in [-0.1, -0.05) is 6.92 Å². The molecule has 0 aliphatic carbocycles. The molecule has 0 radical (unpaired) electrons. The van der Waals surface area contributed by atoms with E-state index in [2.05, 4.69) is 4.74 Å². The minimum absolute atomic E-state index is 0.0851. The van der Waals surface area contributed by atoms with Crippen molar-refractivity contribution in [3.63, 3.8) is 0 Å². The van der Waals surface area contributed by atoms with E-state index in [4.69, 9.17) is 5.11 Å². The minimum Gasteiger partial charge on any atom is -0.481 e. The van der Waals surface area contributed by atoms with Gasteiger partial charge < -0.3 is 9.84 Å². The molecule has 1 N–H and O–H groups in total. The molecule has 1 fully saturated rings. The number of nitrogens with zero attached hydrogens (tertiary/aromatic N) is 1. The number of carbonyl (C=O) groups excluding carboxylic acids is 1. The highest BCUT2D eigenvalue weighted by Crippen LogP contribution is 2.25. The number of hydrogen-bond donors (Lipinski definition) is 1. The fraction of sp³-hybridized carbons (Fsp3) is 0.800. The van der Waals surface area contributed by atoms with Gasteiger partial charge in [-0.05, 0) is 12.8 Å². The lowest BCUT2D eigenvalue weighted by molar-refractivity contribution is -0.142. The highest BCUT2D eigenvalue weighted by atomic mass is 32.2. The molecule has 1 aliphatic rings. The maximum Gasteiger partial charge on any atom is 0.322 e. The lowest BCUT2D eigenvalue weighted by Gasteiger charge is -2.15. The number of esters is 1. The van der Waals surface area contributed by atoms with Crippen LogP contribution in [0.25, 0.3) is 0 Å². The monoisotopic (exact) mass is 279 g/mol. The van der Waals surface area contributed by atoms with Crippen molar-refractivity contribution in [1.82, 2.24) is 4.31 Å². The Morgan fingerprint density at radius 2 is 2.00 bits per heavy atom. The van der Waals surface area contributed by atoms with Crippen LogP contribution >= 0.6 is 0 Å². The molecule has 0 bridgehead atoms. The lowest BCUT2D eigenvalue weighted by Crippen LogP contribution is -2.35. The molecule has 2 atom stereocenters. The molecular formula is C10H17NO6S. The van der Waals surface area contributed by atoms with Crippen molar-refractivity contribution in [3.8, 4) is 0 Å². The van der Waals surface area contributed by atoms with Crippen LogP contribution < -0.4 is 0 Å². The summed E-state index contributed by atoms with van der Waals surface area (Å²) >= 11 is 0. The van der Waals surface area contributed by atoms with Crippen molar-refractivity contribution < 1.29 is 27.9 Å². The number of hydrogen-bond acceptors (Lipinski definition) is 5. The SMILES string of the molecule is CCOC(=O)CS(=O)(=O)N1C[C@@H](C)[C@H](C(=O)O)C1. The Labute approximate surface area is 106 Å². The first-order chi connectivity index (χ1) is 8.27. The van der Waals surface area contributed by atoms with Crippen LogP contribution in [0.15, 0.2) is 0 Å². The molecule has 0 aromatic heterocycles. The maximum atomic E-state index is 11.9. The van der Waals surface area contributed by atoms with Gasteiger partial charge in [-0.2, -0.15) is 0 Å². The van der Waals surface area contributed by atoms with Crippen molar-refractivity contribution in [2.45, 2.75) is 13.8 Å². The van der Waals surface area contributed by atoms with Crippen molar-refractivity contribution in [2.24, 2.45) is 11.8 Å². The lowest BCUT2D eigenvalue weighted by atomic mass is 9.99. The van der Waals surface area contributed by atoms with E-state index in [1.807, 2.05) is 0 Å². The van der Waals surface area contributed by atoms with E-state index in [0.29, 0.717) is 0 Å². The van der Waals surface area contributed by atoms with Crippen molar-refractivity contribution in [3.05, 3.63) is 0 Å². The molecule has 0 saturated carbocycles. The third-order valence-corrected chi connectivity index (χ3v) is 4.58. The Morgan fingerprint density at radius 3 is 2.44 bits per heavy atom. The zero-order valence-corrected chi connectivity index (χ0v) is 11.1. The Kier molecular flexibility index (Phi) is 4.69. The summed E-state index contributed by atoms with van der Waals surface area (Å²) in [4.78, 5) is 22.1. The van der Waals surface area contributed by atoms with Gasteiger partial charge in [0.1, 0.15) is 0 Å². The maximum absolute atomic E-state index is 11.9. The quantitative estimate of drug-likeness (QED) is 0.683. The van der Waals surface area contributed by atoms with E-state index < -0.39 is 33.6 Å². The Morgan fingerprint density at radius 1 is 1.39 bits per heavy atom. The van der Waals surface area contributed by atoms with Gasteiger partial charge in [-0.15, -0.1) is 0 Å². The summed E-state index contributed by atoms with van der Waals surface area (Å²) in [5, 5.41) is 8.92. The molecule has 0 spiro atoms. The highest BCUT2D eigenvalue weighted by Gasteiger charge is 2.40. The van der Waals surface area contributed by atoms with E-state index in [9.17, 15) is 18.0 Å². The summed E-state index contributed by atoms with van der Waals surface area (Å²) in [6.07, 6.45) is 0. The van der Waals surface area contributed by atoms with Crippen LogP contribution in [-0.2, 0) is 24.3 Å². The van der Waals surface area contributed by atoms with Crippen LogP contribution in [0.4, 0.5) is 0 Å². The number of carboxylic acid groups (broad SMARTS) is 1. The first kappa shape index (κ1) is 14.9. The number of aliphatic carboxylic acids is 1. The fourth-order valence-corrected chi connectivity index (χ4v) is 3.33. The van der Waals surface area contributed by atoms with E-state index in [1.54, 1.807) is 13.8 Å². The molecule has 104 valence electrons. The van der Waals surface area contributed by atoms with Crippen LogP contribution in [0.1, 0.15) is 13.8 Å². The van der Waals surface area contributed by atoms with E-state index in [1.165, 1.54) is 0 Å². The third-order valence-electron chi connectivity index (χ3n) is 2.90. The van der Waals surface area contributed by atoms with Crippen LogP contribution in [0.5, 0.6) is 0 Å². The first-order valence-electron chi connectivity index (χ1n) is 5.64. The summed E-state index contributed by atoms with van der Waals surface area (Å²) in [7, 11) is -3.79. The van der Waals surface area contributed by atoms with Gasteiger partial charge in [0.2, 0.25) is 10.0 Å². The molecule has 1 rings (SSSR count). The molecule has 7 nitrogen and oxygen atoms in total. The van der Waals surface area contributed by atoms with Gasteiger partial charge in [0, 0.05) is 13.1 Å². The second kappa shape index (κ2) is 5.66. The Hall–Kier alpha value is -1.15. The summed E-state index contributed by atoms with van der Waals surface area (Å²) in [6.45, 7) is 3.42. The number of sulfonamides is 1. The van der Waals surface area contributed by atoms with Crippen molar-refractivity contribution in [2.75, 3.05) is 25.4 Å². The molecule has 0 amide bonds. The standard InChI is InChI=1S/C10H17NO6S/c1-3-17-9(12)6-18(15,16)11-4-7(2)8(5-11)10(13)14/h7-8H,3-6H2,1-2H3,(H,13,14)/t7-,8-/m1/s1. The summed E-state index contributed by atoms with van der Waals surface area (Å²) < 4.78 is 29.4. The molecule has 1 saturated heterocycles. The molecule has 1 heterocycles. The van der Waals surface area contributed by atoms with Gasteiger partial charge in [0.15, 0.2) is 5.75 Å². The van der Waals surface area contributed by atoms with Gasteiger partial charge in [0.05, 0.1) is 12.5 Å². The van der Waals surface area contributed by atoms with E-state index >= 15 is 0 Å². The Balaban J connectivity index is 2.71. The van der Waals surface area contributed by atoms with Gasteiger partial charge in [-0.3, -0.25) is 9.59 Å². The molecule has 1 aliphatic heterocycles. The molecule has 0 aromatic rings. The fourth-order valence-electron chi connectivity index (χ4n) is 1.91. The van der Waals surface area contributed by atoms with E-state index in [0.717, 1.165) is 4.31 Å². The molecule has 18 heavy (non-hydrogen) atoms. The van der Waals surface area contributed by atoms with Crippen LogP contribution in [0.3, 0.4) is 0 Å². The predicted molar refractivity (Wildman–Crippen MR) is 62.3 cm³/mol. The Bertz CT molecular complexity index is 432. The molecular weight excluding hydrogens is 262 g/mol. The largest absolute Gasteiger partial charge is 0.481 e. The molecule has 8 heteroatoms. The summed E-state index contributed by atoms with van der Waals surface area (Å²) in [5.74, 6) is -3.55. The molecule has 0 aromatic carbocycles. The predicted octanol–water partition coefficient (Wildman–Crippen LogP) is -0.468. The second-order valence-electron chi connectivity index (χ2n) is 4.30. The molecule has 0 unspecified atom stereocenters. The second-order valence-corrected chi connectivity index (χ2v) is 6.27. The third kappa shape index (κ3) is 3.42.